The van der Waals surface area contributed by atoms with Gasteiger partial charge in [0.05, 0.1) is 13.2 Å². The van der Waals surface area contributed by atoms with E-state index in [-0.39, 0.29) is 13.2 Å². The molecule has 6 nitrogen and oxygen atoms in total. The second-order valence-electron chi connectivity index (χ2n) is 6.48. The van der Waals surface area contributed by atoms with Crippen LogP contribution in [0.5, 0.6) is 0 Å². The van der Waals surface area contributed by atoms with E-state index < -0.39 is 36.6 Å². The molecule has 6 atom stereocenters. The molecule has 0 heterocycles. The summed E-state index contributed by atoms with van der Waals surface area (Å²) < 4.78 is 11.1. The highest BCUT2D eigenvalue weighted by Crippen LogP contribution is 2.27. The zero-order valence-corrected chi connectivity index (χ0v) is 14.3. The summed E-state index contributed by atoms with van der Waals surface area (Å²) in [5, 5.41) is 41.4. The third-order valence-corrected chi connectivity index (χ3v) is 4.62. The minimum absolute atomic E-state index is 0.147. The lowest BCUT2D eigenvalue weighted by Crippen LogP contribution is -2.64. The average Bonchev–Trinajstić information content (AvgIpc) is 2.68. The number of aliphatic hydroxyl groups excluding tert-OH is 4. The first-order valence-electron chi connectivity index (χ1n) is 8.61. The summed E-state index contributed by atoms with van der Waals surface area (Å²) in [5.41, 5.74) is 1.72. The van der Waals surface area contributed by atoms with Crippen LogP contribution in [-0.2, 0) is 22.7 Å². The monoisotopic (exact) mass is 360 g/mol. The quantitative estimate of drug-likeness (QED) is 0.603. The zero-order chi connectivity index (χ0) is 18.5. The largest absolute Gasteiger partial charge is 0.387 e. The Labute approximate surface area is 152 Å². The molecule has 26 heavy (non-hydrogen) atoms. The van der Waals surface area contributed by atoms with E-state index in [4.69, 9.17) is 9.47 Å². The standard InChI is InChI=1S/C20H24O6/c21-15-17(23)20(26-12-14-9-5-2-6-10-14)18(24)16(22)19(15)25-11-13-7-3-1-4-8-13/h1-10,15-24H,11-12H2/t15-,16-,17-,18+,19?,20?/m1/s1. The van der Waals surface area contributed by atoms with Crippen molar-refractivity contribution < 1.29 is 29.9 Å². The Morgan fingerprint density at radius 1 is 0.538 bits per heavy atom. The lowest BCUT2D eigenvalue weighted by atomic mass is 9.84. The average molecular weight is 360 g/mol. The van der Waals surface area contributed by atoms with Gasteiger partial charge >= 0.3 is 0 Å². The summed E-state index contributed by atoms with van der Waals surface area (Å²) >= 11 is 0. The van der Waals surface area contributed by atoms with Crippen LogP contribution in [0.25, 0.3) is 0 Å². The van der Waals surface area contributed by atoms with Gasteiger partial charge in [0.1, 0.15) is 36.6 Å². The molecular weight excluding hydrogens is 336 g/mol. The van der Waals surface area contributed by atoms with E-state index in [1.807, 2.05) is 60.7 Å². The number of hydrogen-bond acceptors (Lipinski definition) is 6. The molecule has 2 aromatic rings. The minimum Gasteiger partial charge on any atom is -0.387 e. The van der Waals surface area contributed by atoms with Crippen molar-refractivity contribution in [1.82, 2.24) is 0 Å². The fraction of sp³-hybridized carbons (Fsp3) is 0.400. The Morgan fingerprint density at radius 3 is 1.15 bits per heavy atom. The predicted octanol–water partition coefficient (Wildman–Crippen LogP) is 0.614. The molecule has 0 saturated heterocycles. The first-order chi connectivity index (χ1) is 12.6. The topological polar surface area (TPSA) is 99.4 Å². The van der Waals surface area contributed by atoms with E-state index in [0.29, 0.717) is 0 Å². The smallest absolute Gasteiger partial charge is 0.115 e. The number of ether oxygens (including phenoxy) is 2. The molecule has 0 radical (unpaired) electrons. The van der Waals surface area contributed by atoms with Gasteiger partial charge in [-0.05, 0) is 11.1 Å². The van der Waals surface area contributed by atoms with Gasteiger partial charge in [0.15, 0.2) is 0 Å². The zero-order valence-electron chi connectivity index (χ0n) is 14.3. The Morgan fingerprint density at radius 2 is 0.846 bits per heavy atom. The number of rotatable bonds is 6. The molecule has 1 fully saturated rings. The van der Waals surface area contributed by atoms with Gasteiger partial charge in [0.25, 0.3) is 0 Å². The molecule has 4 N–H and O–H groups in total. The maximum absolute atomic E-state index is 10.3. The van der Waals surface area contributed by atoms with Crippen molar-refractivity contribution in [2.24, 2.45) is 0 Å². The summed E-state index contributed by atoms with van der Waals surface area (Å²) in [6.07, 6.45) is -7.74. The summed E-state index contributed by atoms with van der Waals surface area (Å²) in [6, 6.07) is 18.5. The molecule has 0 aliphatic heterocycles. The first-order valence-corrected chi connectivity index (χ1v) is 8.61. The van der Waals surface area contributed by atoms with Crippen molar-refractivity contribution in [3.63, 3.8) is 0 Å². The molecule has 0 bridgehead atoms. The van der Waals surface area contributed by atoms with Crippen LogP contribution in [0.1, 0.15) is 11.1 Å². The SMILES string of the molecule is O[C@@H]1C(OCc2ccccc2)[C@H](O)[C@@H](O)C(OCc2ccccc2)[C@@H]1O. The summed E-state index contributed by atoms with van der Waals surface area (Å²) in [4.78, 5) is 0. The van der Waals surface area contributed by atoms with Crippen molar-refractivity contribution in [2.75, 3.05) is 0 Å². The molecule has 1 aliphatic rings. The van der Waals surface area contributed by atoms with Gasteiger partial charge in [-0.1, -0.05) is 60.7 Å². The van der Waals surface area contributed by atoms with Crippen LogP contribution >= 0.6 is 0 Å². The van der Waals surface area contributed by atoms with Crippen LogP contribution in [0.3, 0.4) is 0 Å². The van der Waals surface area contributed by atoms with E-state index in [0.717, 1.165) is 11.1 Å². The van der Waals surface area contributed by atoms with Crippen LogP contribution in [-0.4, -0.2) is 57.0 Å². The van der Waals surface area contributed by atoms with E-state index in [1.54, 1.807) is 0 Å². The van der Waals surface area contributed by atoms with Crippen LogP contribution in [0.4, 0.5) is 0 Å². The van der Waals surface area contributed by atoms with E-state index in [9.17, 15) is 20.4 Å². The van der Waals surface area contributed by atoms with Gasteiger partial charge in [-0.3, -0.25) is 0 Å². The maximum Gasteiger partial charge on any atom is 0.115 e. The van der Waals surface area contributed by atoms with Crippen LogP contribution < -0.4 is 0 Å². The van der Waals surface area contributed by atoms with Gasteiger partial charge in [0, 0.05) is 0 Å². The normalized spacial score (nSPS) is 31.7. The molecular formula is C20H24O6. The number of aliphatic hydroxyl groups is 4. The minimum atomic E-state index is -1.38. The van der Waals surface area contributed by atoms with Gasteiger partial charge in [-0.15, -0.1) is 0 Å². The molecule has 2 unspecified atom stereocenters. The number of hydrogen-bond donors (Lipinski definition) is 4. The second-order valence-corrected chi connectivity index (χ2v) is 6.48. The van der Waals surface area contributed by atoms with E-state index in [1.165, 1.54) is 0 Å². The molecule has 140 valence electrons. The summed E-state index contributed by atoms with van der Waals surface area (Å²) in [6.45, 7) is 0.295. The Bertz CT molecular complexity index is 589. The van der Waals surface area contributed by atoms with Crippen LogP contribution in [0.2, 0.25) is 0 Å². The lowest BCUT2D eigenvalue weighted by Gasteiger charge is -2.43. The van der Waals surface area contributed by atoms with Gasteiger partial charge in [-0.2, -0.15) is 0 Å². The van der Waals surface area contributed by atoms with Gasteiger partial charge in [-0.25, -0.2) is 0 Å². The first kappa shape index (κ1) is 19.0. The molecule has 1 aliphatic carbocycles. The Balaban J connectivity index is 1.62. The molecule has 0 amide bonds. The second kappa shape index (κ2) is 8.73. The molecule has 3 rings (SSSR count). The molecule has 0 aromatic heterocycles. The Kier molecular flexibility index (Phi) is 6.37. The highest BCUT2D eigenvalue weighted by atomic mass is 16.5. The summed E-state index contributed by atoms with van der Waals surface area (Å²) in [5.74, 6) is 0. The van der Waals surface area contributed by atoms with Crippen molar-refractivity contribution in [1.29, 1.82) is 0 Å². The van der Waals surface area contributed by atoms with Crippen molar-refractivity contribution in [2.45, 2.75) is 49.8 Å². The number of benzene rings is 2. The van der Waals surface area contributed by atoms with E-state index in [2.05, 4.69) is 0 Å². The molecule has 2 aromatic carbocycles. The molecule has 6 heteroatoms. The third kappa shape index (κ3) is 4.29. The van der Waals surface area contributed by atoms with Gasteiger partial charge in [0.2, 0.25) is 0 Å². The maximum atomic E-state index is 10.3. The summed E-state index contributed by atoms with van der Waals surface area (Å²) in [7, 11) is 0. The highest BCUT2D eigenvalue weighted by molar-refractivity contribution is 5.15. The highest BCUT2D eigenvalue weighted by Gasteiger charge is 2.50. The van der Waals surface area contributed by atoms with Crippen molar-refractivity contribution in [3.8, 4) is 0 Å². The third-order valence-electron chi connectivity index (χ3n) is 4.62. The fourth-order valence-electron chi connectivity index (χ4n) is 3.11. The lowest BCUT2D eigenvalue weighted by molar-refractivity contribution is -0.250. The molecule has 0 spiro atoms. The van der Waals surface area contributed by atoms with Gasteiger partial charge < -0.3 is 29.9 Å². The van der Waals surface area contributed by atoms with E-state index >= 15 is 0 Å². The molecule has 1 saturated carbocycles. The fourth-order valence-corrected chi connectivity index (χ4v) is 3.11. The van der Waals surface area contributed by atoms with Crippen molar-refractivity contribution in [3.05, 3.63) is 71.8 Å². The van der Waals surface area contributed by atoms with Crippen LogP contribution in [0.15, 0.2) is 60.7 Å². The van der Waals surface area contributed by atoms with Crippen molar-refractivity contribution >= 4 is 0 Å². The van der Waals surface area contributed by atoms with Crippen LogP contribution in [0, 0.1) is 0 Å². The Hall–Kier alpha value is -1.80. The predicted molar refractivity (Wildman–Crippen MR) is 94.1 cm³/mol.